The molecule has 5 heteroatoms. The Morgan fingerprint density at radius 3 is 2.57 bits per heavy atom. The fourth-order valence-electron chi connectivity index (χ4n) is 3.13. The lowest BCUT2D eigenvalue weighted by Crippen LogP contribution is -2.28. The van der Waals surface area contributed by atoms with Crippen LogP contribution in [-0.4, -0.2) is 13.9 Å². The minimum absolute atomic E-state index is 0.632. The van der Waals surface area contributed by atoms with Gasteiger partial charge in [-0.3, -0.25) is 0 Å². The van der Waals surface area contributed by atoms with E-state index in [-0.39, 0.29) is 0 Å². The van der Waals surface area contributed by atoms with E-state index in [9.17, 15) is 0 Å². The Hall–Kier alpha value is 0.00494. The second-order valence-electron chi connectivity index (χ2n) is 6.36. The highest BCUT2D eigenvalue weighted by molar-refractivity contribution is 9.11. The molecule has 2 nitrogen and oxygen atoms in total. The van der Waals surface area contributed by atoms with Gasteiger partial charge in [0.1, 0.15) is 7.85 Å². The molecule has 2 rings (SSSR count). The first kappa shape index (κ1) is 17.4. The van der Waals surface area contributed by atoms with Crippen molar-refractivity contribution in [2.45, 2.75) is 63.3 Å². The number of rotatable bonds is 3. The van der Waals surface area contributed by atoms with Gasteiger partial charge in [0.2, 0.25) is 0 Å². The van der Waals surface area contributed by atoms with Crippen LogP contribution in [-0.2, 0) is 6.54 Å². The number of nitrogen functional groups attached to an aromatic ring is 1. The number of nitrogens with one attached hydrogen (secondary N) is 1. The number of anilines is 1. The van der Waals surface area contributed by atoms with Gasteiger partial charge in [-0.25, -0.2) is 0 Å². The van der Waals surface area contributed by atoms with Crippen molar-refractivity contribution in [1.82, 2.24) is 5.32 Å². The van der Waals surface area contributed by atoms with Gasteiger partial charge in [0.25, 0.3) is 0 Å². The Kier molecular flexibility index (Phi) is 7.10. The molecular weight excluding hydrogens is 391 g/mol. The molecule has 0 spiro atoms. The van der Waals surface area contributed by atoms with E-state index in [1.165, 1.54) is 50.5 Å². The molecule has 0 aromatic heterocycles. The van der Waals surface area contributed by atoms with Gasteiger partial charge < -0.3 is 11.1 Å². The summed E-state index contributed by atoms with van der Waals surface area (Å²) in [6.45, 7) is 0.851. The molecular formula is C16H25BBr2N2. The molecule has 1 aliphatic carbocycles. The van der Waals surface area contributed by atoms with Gasteiger partial charge in [0, 0.05) is 21.5 Å². The summed E-state index contributed by atoms with van der Waals surface area (Å²) in [6.07, 6.45) is 9.43. The highest BCUT2D eigenvalue weighted by atomic mass is 79.9. The first-order valence-electron chi connectivity index (χ1n) is 8.03. The third kappa shape index (κ3) is 5.61. The van der Waals surface area contributed by atoms with Crippen molar-refractivity contribution in [2.75, 3.05) is 5.73 Å². The molecule has 0 heterocycles. The van der Waals surface area contributed by atoms with Crippen LogP contribution in [0.25, 0.3) is 0 Å². The number of benzene rings is 1. The topological polar surface area (TPSA) is 38.0 Å². The molecule has 0 radical (unpaired) electrons. The molecule has 116 valence electrons. The summed E-state index contributed by atoms with van der Waals surface area (Å²) in [5.74, 6) is 0.903. The van der Waals surface area contributed by atoms with E-state index in [4.69, 9.17) is 5.73 Å². The monoisotopic (exact) mass is 414 g/mol. The summed E-state index contributed by atoms with van der Waals surface area (Å²) in [5, 5.41) is 3.72. The summed E-state index contributed by atoms with van der Waals surface area (Å²) >= 11 is 7.06. The Balaban J connectivity index is 1.92. The predicted molar refractivity (Wildman–Crippen MR) is 101 cm³/mol. The fraction of sp³-hybridized carbons (Fsp3) is 0.625. The van der Waals surface area contributed by atoms with Crippen LogP contribution in [0.3, 0.4) is 0 Å². The minimum atomic E-state index is 0.632. The average molecular weight is 416 g/mol. The molecule has 3 N–H and O–H groups in total. The zero-order chi connectivity index (χ0) is 15.2. The third-order valence-corrected chi connectivity index (χ3v) is 5.62. The highest BCUT2D eigenvalue weighted by Gasteiger charge is 2.14. The third-order valence-electron chi connectivity index (χ3n) is 4.51. The first-order chi connectivity index (χ1) is 10.1. The SMILES string of the molecule is BC1CCCC[C@H](NCc2cc(Br)cc(Br)c2N)CCC1. The zero-order valence-electron chi connectivity index (χ0n) is 12.8. The van der Waals surface area contributed by atoms with E-state index in [1.807, 2.05) is 6.07 Å². The number of hydrogen-bond donors (Lipinski definition) is 2. The maximum Gasteiger partial charge on any atom is 0.105 e. The van der Waals surface area contributed by atoms with Crippen LogP contribution in [0.15, 0.2) is 21.1 Å². The molecule has 0 bridgehead atoms. The van der Waals surface area contributed by atoms with Crippen molar-refractivity contribution in [3.63, 3.8) is 0 Å². The van der Waals surface area contributed by atoms with E-state index in [0.717, 1.165) is 27.0 Å². The maximum absolute atomic E-state index is 6.16. The van der Waals surface area contributed by atoms with Crippen molar-refractivity contribution in [3.05, 3.63) is 26.6 Å². The van der Waals surface area contributed by atoms with E-state index in [1.54, 1.807) is 0 Å². The lowest BCUT2D eigenvalue weighted by atomic mass is 9.80. The molecule has 1 aromatic carbocycles. The summed E-state index contributed by atoms with van der Waals surface area (Å²) in [6, 6.07) is 4.75. The van der Waals surface area contributed by atoms with E-state index < -0.39 is 0 Å². The summed E-state index contributed by atoms with van der Waals surface area (Å²) in [7, 11) is 2.40. The molecule has 0 amide bonds. The molecule has 0 aliphatic heterocycles. The summed E-state index contributed by atoms with van der Waals surface area (Å²) < 4.78 is 2.04. The smallest absolute Gasteiger partial charge is 0.105 e. The van der Waals surface area contributed by atoms with Crippen molar-refractivity contribution < 1.29 is 0 Å². The minimum Gasteiger partial charge on any atom is -0.398 e. The zero-order valence-corrected chi connectivity index (χ0v) is 16.0. The van der Waals surface area contributed by atoms with Gasteiger partial charge in [-0.2, -0.15) is 0 Å². The number of nitrogens with two attached hydrogens (primary N) is 1. The van der Waals surface area contributed by atoms with Crippen molar-refractivity contribution in [1.29, 1.82) is 0 Å². The standard InChI is InChI=1S/C16H25BBr2N2/c17-12-4-1-2-6-14(7-3-5-12)21-10-11-8-13(18)9-15(19)16(11)20/h8-9,12,14,21H,1-7,10,17,20H2/t12?,14-/m0/s1. The van der Waals surface area contributed by atoms with Gasteiger partial charge >= 0.3 is 0 Å². The fourth-order valence-corrected chi connectivity index (χ4v) is 4.44. The van der Waals surface area contributed by atoms with Crippen molar-refractivity contribution >= 4 is 45.4 Å². The molecule has 1 saturated carbocycles. The Morgan fingerprint density at radius 2 is 1.76 bits per heavy atom. The van der Waals surface area contributed by atoms with Gasteiger partial charge in [0.05, 0.1) is 5.69 Å². The second-order valence-corrected chi connectivity index (χ2v) is 8.13. The highest BCUT2D eigenvalue weighted by Crippen LogP contribution is 2.29. The lowest BCUT2D eigenvalue weighted by molar-refractivity contribution is 0.433. The van der Waals surface area contributed by atoms with Gasteiger partial charge in [-0.1, -0.05) is 53.9 Å². The van der Waals surface area contributed by atoms with Crippen LogP contribution in [0.2, 0.25) is 5.82 Å². The Labute approximate surface area is 146 Å². The van der Waals surface area contributed by atoms with Crippen molar-refractivity contribution in [2.24, 2.45) is 0 Å². The normalized spacial score (nSPS) is 24.1. The second kappa shape index (κ2) is 8.59. The van der Waals surface area contributed by atoms with E-state index >= 15 is 0 Å². The predicted octanol–water partition coefficient (Wildman–Crippen LogP) is 4.42. The average Bonchev–Trinajstić information content (AvgIpc) is 2.53. The molecule has 2 atom stereocenters. The van der Waals surface area contributed by atoms with Crippen molar-refractivity contribution in [3.8, 4) is 0 Å². The molecule has 1 aromatic rings. The van der Waals surface area contributed by atoms with Crippen LogP contribution in [0, 0.1) is 0 Å². The molecule has 1 unspecified atom stereocenters. The molecule has 1 fully saturated rings. The summed E-state index contributed by atoms with van der Waals surface area (Å²) in [4.78, 5) is 0. The molecule has 0 saturated heterocycles. The number of hydrogen-bond acceptors (Lipinski definition) is 2. The first-order valence-corrected chi connectivity index (χ1v) is 9.61. The van der Waals surface area contributed by atoms with Gasteiger partial charge in [0.15, 0.2) is 0 Å². The quantitative estimate of drug-likeness (QED) is 0.566. The van der Waals surface area contributed by atoms with Crippen LogP contribution in [0.5, 0.6) is 0 Å². The Bertz CT molecular complexity index is 468. The molecule has 1 aliphatic rings. The lowest BCUT2D eigenvalue weighted by Gasteiger charge is -2.19. The van der Waals surface area contributed by atoms with Gasteiger partial charge in [-0.15, -0.1) is 0 Å². The summed E-state index contributed by atoms with van der Waals surface area (Å²) in [5.41, 5.74) is 8.18. The largest absolute Gasteiger partial charge is 0.398 e. The van der Waals surface area contributed by atoms with Crippen LogP contribution in [0.4, 0.5) is 5.69 Å². The van der Waals surface area contributed by atoms with Crippen LogP contribution >= 0.6 is 31.9 Å². The van der Waals surface area contributed by atoms with Crippen LogP contribution in [0.1, 0.15) is 50.5 Å². The van der Waals surface area contributed by atoms with Gasteiger partial charge in [-0.05, 0) is 46.5 Å². The van der Waals surface area contributed by atoms with E-state index in [2.05, 4.69) is 51.1 Å². The van der Waals surface area contributed by atoms with Crippen LogP contribution < -0.4 is 11.1 Å². The Morgan fingerprint density at radius 1 is 1.10 bits per heavy atom. The number of halogens is 2. The maximum atomic E-state index is 6.16. The molecule has 21 heavy (non-hydrogen) atoms. The van der Waals surface area contributed by atoms with E-state index in [0.29, 0.717) is 6.04 Å².